The van der Waals surface area contributed by atoms with E-state index in [1.54, 1.807) is 0 Å². The number of benzene rings is 1. The molecule has 15 heavy (non-hydrogen) atoms. The predicted octanol–water partition coefficient (Wildman–Crippen LogP) is 1.74. The second-order valence-corrected chi connectivity index (χ2v) is 3.04. The second-order valence-electron chi connectivity index (χ2n) is 3.04. The fourth-order valence-corrected chi connectivity index (χ4v) is 1.26. The fourth-order valence-electron chi connectivity index (χ4n) is 1.26. The molecule has 0 bridgehead atoms. The highest BCUT2D eigenvalue weighted by molar-refractivity contribution is 6.00. The third kappa shape index (κ3) is 2.26. The van der Waals surface area contributed by atoms with Crippen LogP contribution in [0.15, 0.2) is 12.1 Å². The van der Waals surface area contributed by atoms with Crippen molar-refractivity contribution >= 4 is 11.5 Å². The molecule has 0 saturated carbocycles. The summed E-state index contributed by atoms with van der Waals surface area (Å²) < 4.78 is 5.24. The van der Waals surface area contributed by atoms with Crippen LogP contribution in [0.5, 0.6) is 5.75 Å². The summed E-state index contributed by atoms with van der Waals surface area (Å²) in [5, 5.41) is 8.77. The van der Waals surface area contributed by atoms with Crippen molar-refractivity contribution in [1.82, 2.24) is 0 Å². The van der Waals surface area contributed by atoms with Crippen LogP contribution >= 0.6 is 0 Å². The summed E-state index contributed by atoms with van der Waals surface area (Å²) in [7, 11) is 0. The normalized spacial score (nSPS) is 9.40. The lowest BCUT2D eigenvalue weighted by Crippen LogP contribution is -2.04. The number of ether oxygens (including phenoxy) is 1. The zero-order valence-corrected chi connectivity index (χ0v) is 8.70. The molecule has 0 radical (unpaired) electrons. The summed E-state index contributed by atoms with van der Waals surface area (Å²) in [6.07, 6.45) is 0. The minimum absolute atomic E-state index is 0.175. The van der Waals surface area contributed by atoms with Crippen LogP contribution in [0.4, 0.5) is 5.69 Å². The number of Topliss-reactive ketones (excluding diaryl/α,β-unsaturated/α-hetero) is 1. The first kappa shape index (κ1) is 11.1. The van der Waals surface area contributed by atoms with E-state index in [1.807, 2.05) is 13.0 Å². The van der Waals surface area contributed by atoms with Gasteiger partial charge >= 0.3 is 0 Å². The summed E-state index contributed by atoms with van der Waals surface area (Å²) in [4.78, 5) is 11.2. The molecule has 78 valence electrons. The van der Waals surface area contributed by atoms with Crippen LogP contribution < -0.4 is 10.5 Å². The van der Waals surface area contributed by atoms with Crippen molar-refractivity contribution in [3.05, 3.63) is 23.3 Å². The first-order valence-corrected chi connectivity index (χ1v) is 4.57. The maximum absolute atomic E-state index is 11.2. The van der Waals surface area contributed by atoms with Gasteiger partial charge in [-0.3, -0.25) is 4.79 Å². The number of carbonyl (C=O) groups is 1. The Morgan fingerprint density at radius 1 is 1.60 bits per heavy atom. The minimum atomic E-state index is -0.175. The second kappa shape index (κ2) is 4.47. The Morgan fingerprint density at radius 2 is 2.27 bits per heavy atom. The summed E-state index contributed by atoms with van der Waals surface area (Å²) in [5.41, 5.74) is 6.74. The van der Waals surface area contributed by atoms with Crippen molar-refractivity contribution in [1.29, 1.82) is 5.26 Å². The highest BCUT2D eigenvalue weighted by Gasteiger charge is 2.12. The number of nitrogen functional groups attached to an aromatic ring is 1. The zero-order valence-electron chi connectivity index (χ0n) is 8.70. The third-order valence-corrected chi connectivity index (χ3v) is 1.95. The van der Waals surface area contributed by atoms with Crippen molar-refractivity contribution in [2.24, 2.45) is 0 Å². The van der Waals surface area contributed by atoms with Crippen LogP contribution in [0.2, 0.25) is 0 Å². The minimum Gasteiger partial charge on any atom is -0.492 e. The first-order valence-electron chi connectivity index (χ1n) is 4.57. The van der Waals surface area contributed by atoms with E-state index in [9.17, 15) is 4.79 Å². The van der Waals surface area contributed by atoms with Gasteiger partial charge in [-0.15, -0.1) is 0 Å². The van der Waals surface area contributed by atoms with Gasteiger partial charge in [0.15, 0.2) is 5.78 Å². The molecule has 1 rings (SSSR count). The fraction of sp³-hybridized carbons (Fsp3) is 0.273. The molecule has 0 aromatic heterocycles. The van der Waals surface area contributed by atoms with Gasteiger partial charge in [-0.1, -0.05) is 0 Å². The molecule has 0 spiro atoms. The highest BCUT2D eigenvalue weighted by Crippen LogP contribution is 2.27. The van der Waals surface area contributed by atoms with Gasteiger partial charge in [0.2, 0.25) is 0 Å². The van der Waals surface area contributed by atoms with Crippen molar-refractivity contribution in [3.8, 4) is 11.8 Å². The Bertz CT molecular complexity index is 433. The number of hydrogen-bond acceptors (Lipinski definition) is 4. The molecule has 4 heteroatoms. The molecule has 0 amide bonds. The third-order valence-electron chi connectivity index (χ3n) is 1.95. The van der Waals surface area contributed by atoms with Gasteiger partial charge in [0.1, 0.15) is 5.75 Å². The van der Waals surface area contributed by atoms with E-state index >= 15 is 0 Å². The Balaban J connectivity index is 3.35. The van der Waals surface area contributed by atoms with E-state index in [-0.39, 0.29) is 5.78 Å². The van der Waals surface area contributed by atoms with Gasteiger partial charge < -0.3 is 10.5 Å². The molecule has 0 atom stereocenters. The van der Waals surface area contributed by atoms with Crippen molar-refractivity contribution < 1.29 is 9.53 Å². The average Bonchev–Trinajstić information content (AvgIpc) is 2.21. The van der Waals surface area contributed by atoms with Crippen LogP contribution in [-0.2, 0) is 0 Å². The number of rotatable bonds is 3. The lowest BCUT2D eigenvalue weighted by Gasteiger charge is -2.10. The molecular formula is C11H12N2O2. The van der Waals surface area contributed by atoms with Crippen LogP contribution in [0.25, 0.3) is 0 Å². The topological polar surface area (TPSA) is 76.1 Å². The maximum Gasteiger partial charge on any atom is 0.162 e. The van der Waals surface area contributed by atoms with E-state index < -0.39 is 0 Å². The first-order chi connectivity index (χ1) is 7.10. The number of anilines is 1. The van der Waals surface area contributed by atoms with Gasteiger partial charge in [-0.2, -0.15) is 5.26 Å². The molecule has 0 aliphatic carbocycles. The van der Waals surface area contributed by atoms with Crippen molar-refractivity contribution in [2.75, 3.05) is 12.3 Å². The molecule has 1 aromatic carbocycles. The van der Waals surface area contributed by atoms with Crippen molar-refractivity contribution in [3.63, 3.8) is 0 Å². The number of nitrogens with two attached hydrogens (primary N) is 1. The molecule has 1 aromatic rings. The number of nitriles is 1. The lowest BCUT2D eigenvalue weighted by atomic mass is 10.1. The van der Waals surface area contributed by atoms with Gasteiger partial charge in [-0.25, -0.2) is 0 Å². The van der Waals surface area contributed by atoms with Gasteiger partial charge in [0.05, 0.1) is 23.9 Å². The van der Waals surface area contributed by atoms with Gasteiger partial charge in [0.25, 0.3) is 0 Å². The van der Waals surface area contributed by atoms with Gasteiger partial charge in [-0.05, 0) is 19.9 Å². The standard InChI is InChI=1S/C11H12N2O2/c1-3-15-10-5-8(6-12)4-9(7(2)14)11(10)13/h4-5H,3,13H2,1-2H3. The summed E-state index contributed by atoms with van der Waals surface area (Å²) in [6.45, 7) is 3.66. The van der Waals surface area contributed by atoms with E-state index in [4.69, 9.17) is 15.7 Å². The van der Waals surface area contributed by atoms with Crippen LogP contribution in [0.1, 0.15) is 29.8 Å². The molecule has 0 saturated heterocycles. The zero-order chi connectivity index (χ0) is 11.4. The Hall–Kier alpha value is -2.02. The van der Waals surface area contributed by atoms with E-state index in [0.29, 0.717) is 29.2 Å². The van der Waals surface area contributed by atoms with Crippen molar-refractivity contribution in [2.45, 2.75) is 13.8 Å². The van der Waals surface area contributed by atoms with Gasteiger partial charge in [0, 0.05) is 11.6 Å². The van der Waals surface area contributed by atoms with Crippen LogP contribution in [0, 0.1) is 11.3 Å². The maximum atomic E-state index is 11.2. The molecule has 0 fully saturated rings. The molecule has 0 unspecified atom stereocenters. The van der Waals surface area contributed by atoms with E-state index in [2.05, 4.69) is 0 Å². The molecule has 0 aliphatic rings. The quantitative estimate of drug-likeness (QED) is 0.601. The molecular weight excluding hydrogens is 192 g/mol. The summed E-state index contributed by atoms with van der Waals surface area (Å²) >= 11 is 0. The number of hydrogen-bond donors (Lipinski definition) is 1. The van der Waals surface area contributed by atoms with Crippen LogP contribution in [-0.4, -0.2) is 12.4 Å². The smallest absolute Gasteiger partial charge is 0.162 e. The summed E-state index contributed by atoms with van der Waals surface area (Å²) in [6, 6.07) is 4.97. The largest absolute Gasteiger partial charge is 0.492 e. The Morgan fingerprint density at radius 3 is 2.73 bits per heavy atom. The molecule has 2 N–H and O–H groups in total. The Labute approximate surface area is 88.3 Å². The average molecular weight is 204 g/mol. The lowest BCUT2D eigenvalue weighted by molar-refractivity contribution is 0.101. The summed E-state index contributed by atoms with van der Waals surface area (Å²) in [5.74, 6) is 0.215. The van der Waals surface area contributed by atoms with E-state index in [0.717, 1.165) is 0 Å². The number of carbonyl (C=O) groups excluding carboxylic acids is 1. The predicted molar refractivity (Wildman–Crippen MR) is 56.7 cm³/mol. The molecule has 4 nitrogen and oxygen atoms in total. The van der Waals surface area contributed by atoms with Crippen LogP contribution in [0.3, 0.4) is 0 Å². The Kier molecular flexibility index (Phi) is 3.29. The van der Waals surface area contributed by atoms with E-state index in [1.165, 1.54) is 19.1 Å². The monoisotopic (exact) mass is 204 g/mol. The SMILES string of the molecule is CCOc1cc(C#N)cc(C(C)=O)c1N. The highest BCUT2D eigenvalue weighted by atomic mass is 16.5. The molecule has 0 aliphatic heterocycles. The molecule has 0 heterocycles. The number of ketones is 1. The number of nitrogens with zero attached hydrogens (tertiary/aromatic N) is 1.